The molecule has 9 nitrogen and oxygen atoms in total. The van der Waals surface area contributed by atoms with Crippen LogP contribution in [0.25, 0.3) is 12.0 Å². The molecule has 3 rings (SSSR count). The summed E-state index contributed by atoms with van der Waals surface area (Å²) in [6.07, 6.45) is 3.05. The van der Waals surface area contributed by atoms with Crippen LogP contribution in [-0.2, 0) is 4.79 Å². The van der Waals surface area contributed by atoms with Crippen LogP contribution < -0.4 is 20.3 Å². The maximum atomic E-state index is 12.5. The first-order valence-corrected chi connectivity index (χ1v) is 9.18. The smallest absolute Gasteiger partial charge is 0.255 e. The Morgan fingerprint density at radius 1 is 1.13 bits per heavy atom. The van der Waals surface area contributed by atoms with Crippen LogP contribution >= 0.6 is 0 Å². The molecule has 3 aromatic rings. The summed E-state index contributed by atoms with van der Waals surface area (Å²) in [5, 5.41) is 7.08. The summed E-state index contributed by atoms with van der Waals surface area (Å²) in [6.45, 7) is 5.22. The number of nitrogens with zero attached hydrogens (tertiary/aromatic N) is 3. The summed E-state index contributed by atoms with van der Waals surface area (Å²) in [7, 11) is 3.11. The van der Waals surface area contributed by atoms with Crippen molar-refractivity contribution in [1.29, 1.82) is 0 Å². The van der Waals surface area contributed by atoms with Gasteiger partial charge >= 0.3 is 0 Å². The molecule has 0 unspecified atom stereocenters. The second kappa shape index (κ2) is 8.64. The summed E-state index contributed by atoms with van der Waals surface area (Å²) < 4.78 is 11.9. The monoisotopic (exact) mass is 409 g/mol. The van der Waals surface area contributed by atoms with Gasteiger partial charge in [-0.25, -0.2) is 4.98 Å². The van der Waals surface area contributed by atoms with Crippen LogP contribution in [0.3, 0.4) is 0 Å². The predicted molar refractivity (Wildman–Crippen MR) is 113 cm³/mol. The minimum Gasteiger partial charge on any atom is -0.493 e. The number of anilines is 1. The predicted octanol–water partition coefficient (Wildman–Crippen LogP) is 2.55. The van der Waals surface area contributed by atoms with Crippen molar-refractivity contribution < 1.29 is 14.3 Å². The Labute approximate surface area is 173 Å². The molecule has 0 saturated heterocycles. The molecule has 1 aromatic carbocycles. The number of hydrogen-bond donors (Lipinski definition) is 2. The molecule has 0 atom stereocenters. The molecule has 156 valence electrons. The van der Waals surface area contributed by atoms with E-state index < -0.39 is 0 Å². The van der Waals surface area contributed by atoms with Crippen molar-refractivity contribution in [3.8, 4) is 17.4 Å². The first-order chi connectivity index (χ1) is 14.3. The number of H-pyrrole nitrogens is 1. The zero-order valence-corrected chi connectivity index (χ0v) is 17.4. The number of aryl methyl sites for hydroxylation is 2. The Balaban J connectivity index is 1.83. The van der Waals surface area contributed by atoms with Crippen molar-refractivity contribution in [2.24, 2.45) is 0 Å². The first-order valence-electron chi connectivity index (χ1n) is 9.18. The van der Waals surface area contributed by atoms with Crippen LogP contribution in [0.1, 0.15) is 22.5 Å². The fraction of sp³-hybridized carbons (Fsp3) is 0.238. The average molecular weight is 409 g/mol. The van der Waals surface area contributed by atoms with E-state index >= 15 is 0 Å². The molecule has 0 saturated carbocycles. The number of benzene rings is 1. The van der Waals surface area contributed by atoms with E-state index in [-0.39, 0.29) is 17.4 Å². The highest BCUT2D eigenvalue weighted by Gasteiger charge is 2.13. The molecule has 0 bridgehead atoms. The minimum absolute atomic E-state index is 0.232. The Bertz CT molecular complexity index is 1180. The van der Waals surface area contributed by atoms with Gasteiger partial charge in [-0.1, -0.05) is 6.07 Å². The number of carbonyl (C=O) groups excluding carboxylic acids is 1. The number of hydrogen-bond acceptors (Lipinski definition) is 6. The van der Waals surface area contributed by atoms with Gasteiger partial charge in [0.1, 0.15) is 5.82 Å². The van der Waals surface area contributed by atoms with Crippen molar-refractivity contribution in [3.63, 3.8) is 0 Å². The van der Waals surface area contributed by atoms with E-state index in [0.29, 0.717) is 34.3 Å². The molecule has 9 heteroatoms. The highest BCUT2D eigenvalue weighted by molar-refractivity contribution is 6.01. The Hall–Kier alpha value is -3.88. The lowest BCUT2D eigenvalue weighted by atomic mass is 10.2. The van der Waals surface area contributed by atoms with E-state index in [4.69, 9.17) is 9.47 Å². The van der Waals surface area contributed by atoms with E-state index in [9.17, 15) is 9.59 Å². The number of methoxy groups -OCH3 is 2. The number of ether oxygens (including phenoxy) is 2. The van der Waals surface area contributed by atoms with Crippen LogP contribution in [-0.4, -0.2) is 39.9 Å². The summed E-state index contributed by atoms with van der Waals surface area (Å²) in [5.41, 5.74) is 2.30. The quantitative estimate of drug-likeness (QED) is 0.605. The Morgan fingerprint density at radius 2 is 1.87 bits per heavy atom. The Morgan fingerprint density at radius 3 is 2.53 bits per heavy atom. The fourth-order valence-corrected chi connectivity index (χ4v) is 2.78. The summed E-state index contributed by atoms with van der Waals surface area (Å²) in [5.74, 6) is 1.43. The highest BCUT2D eigenvalue weighted by atomic mass is 16.5. The van der Waals surface area contributed by atoms with Gasteiger partial charge in [-0.2, -0.15) is 9.78 Å². The second-order valence-electron chi connectivity index (χ2n) is 6.62. The summed E-state index contributed by atoms with van der Waals surface area (Å²) in [4.78, 5) is 31.6. The van der Waals surface area contributed by atoms with Gasteiger partial charge in [-0.15, -0.1) is 0 Å². The van der Waals surface area contributed by atoms with Gasteiger partial charge in [0.15, 0.2) is 11.5 Å². The largest absolute Gasteiger partial charge is 0.493 e. The maximum absolute atomic E-state index is 12.5. The van der Waals surface area contributed by atoms with Crippen molar-refractivity contribution in [2.45, 2.75) is 20.8 Å². The molecule has 2 aromatic heterocycles. The number of nitrogens with one attached hydrogen (secondary N) is 2. The van der Waals surface area contributed by atoms with Crippen molar-refractivity contribution in [3.05, 3.63) is 63.2 Å². The van der Waals surface area contributed by atoms with Gasteiger partial charge < -0.3 is 14.8 Å². The number of carbonyl (C=O) groups is 1. The number of amides is 1. The molecular weight excluding hydrogens is 386 g/mol. The minimum atomic E-state index is -0.364. The van der Waals surface area contributed by atoms with Crippen LogP contribution in [0, 0.1) is 20.8 Å². The van der Waals surface area contributed by atoms with Crippen molar-refractivity contribution >= 4 is 17.8 Å². The van der Waals surface area contributed by atoms with E-state index in [1.807, 2.05) is 6.07 Å². The number of aromatic amines is 1. The molecule has 0 aliphatic heterocycles. The lowest BCUT2D eigenvalue weighted by molar-refractivity contribution is -0.111. The van der Waals surface area contributed by atoms with Gasteiger partial charge in [0.05, 0.1) is 19.9 Å². The van der Waals surface area contributed by atoms with Crippen LogP contribution in [0.5, 0.6) is 11.5 Å². The molecule has 0 fully saturated rings. The maximum Gasteiger partial charge on any atom is 0.255 e. The Kier molecular flexibility index (Phi) is 6.01. The molecule has 2 heterocycles. The lowest BCUT2D eigenvalue weighted by Crippen LogP contribution is -2.20. The highest BCUT2D eigenvalue weighted by Crippen LogP contribution is 2.28. The summed E-state index contributed by atoms with van der Waals surface area (Å²) in [6, 6.07) is 7.03. The zero-order chi connectivity index (χ0) is 21.8. The van der Waals surface area contributed by atoms with Crippen molar-refractivity contribution in [2.75, 3.05) is 19.5 Å². The SMILES string of the molecule is COc1ccc(/C=C/C(=O)Nc2cc(C)nn2-c2nc(C)c(C)c(=O)[nH]2)cc1OC. The molecule has 1 amide bonds. The van der Waals surface area contributed by atoms with Gasteiger partial charge in [0.2, 0.25) is 11.9 Å². The third kappa shape index (κ3) is 4.40. The van der Waals surface area contributed by atoms with E-state index in [2.05, 4.69) is 20.4 Å². The number of aromatic nitrogens is 4. The molecule has 0 radical (unpaired) electrons. The van der Waals surface area contributed by atoms with E-state index in [1.54, 1.807) is 59.3 Å². The standard InChI is InChI=1S/C21H23N5O4/c1-12-10-18(26(25-12)21-22-14(3)13(2)20(28)24-21)23-19(27)9-7-15-6-8-16(29-4)17(11-15)30-5/h6-11H,1-5H3,(H,23,27)(H,22,24,28)/b9-7+. The second-order valence-corrected chi connectivity index (χ2v) is 6.62. The topological polar surface area (TPSA) is 111 Å². The van der Waals surface area contributed by atoms with Crippen LogP contribution in [0.4, 0.5) is 5.82 Å². The van der Waals surface area contributed by atoms with Gasteiger partial charge in [-0.05, 0) is 44.5 Å². The molecule has 0 aliphatic carbocycles. The van der Waals surface area contributed by atoms with Gasteiger partial charge in [0, 0.05) is 23.4 Å². The van der Waals surface area contributed by atoms with Gasteiger partial charge in [0.25, 0.3) is 5.56 Å². The van der Waals surface area contributed by atoms with E-state index in [0.717, 1.165) is 5.56 Å². The van der Waals surface area contributed by atoms with E-state index in [1.165, 1.54) is 10.8 Å². The third-order valence-corrected chi connectivity index (χ3v) is 4.50. The normalized spacial score (nSPS) is 11.0. The molecule has 0 aliphatic rings. The molecule has 30 heavy (non-hydrogen) atoms. The van der Waals surface area contributed by atoms with Gasteiger partial charge in [-0.3, -0.25) is 14.6 Å². The number of rotatable bonds is 6. The van der Waals surface area contributed by atoms with Crippen LogP contribution in [0.15, 0.2) is 35.1 Å². The molecular formula is C21H23N5O4. The van der Waals surface area contributed by atoms with Crippen LogP contribution in [0.2, 0.25) is 0 Å². The third-order valence-electron chi connectivity index (χ3n) is 4.50. The zero-order valence-electron chi connectivity index (χ0n) is 17.4. The summed E-state index contributed by atoms with van der Waals surface area (Å²) >= 11 is 0. The first kappa shape index (κ1) is 20.8. The van der Waals surface area contributed by atoms with Crippen molar-refractivity contribution in [1.82, 2.24) is 19.7 Å². The lowest BCUT2D eigenvalue weighted by Gasteiger charge is -2.08. The molecule has 0 spiro atoms. The molecule has 2 N–H and O–H groups in total. The average Bonchev–Trinajstić information content (AvgIpc) is 3.09. The fourth-order valence-electron chi connectivity index (χ4n) is 2.78.